The van der Waals surface area contributed by atoms with Gasteiger partial charge in [-0.1, -0.05) is 18.5 Å². The summed E-state index contributed by atoms with van der Waals surface area (Å²) in [6.07, 6.45) is 2.77. The van der Waals surface area contributed by atoms with E-state index in [-0.39, 0.29) is 23.3 Å². The lowest BCUT2D eigenvalue weighted by atomic mass is 10.0. The van der Waals surface area contributed by atoms with Gasteiger partial charge in [-0.2, -0.15) is 4.98 Å². The van der Waals surface area contributed by atoms with Gasteiger partial charge in [0.1, 0.15) is 11.6 Å². The normalized spacial score (nSPS) is 14.1. The van der Waals surface area contributed by atoms with Gasteiger partial charge in [0.2, 0.25) is 11.7 Å². The molecule has 2 unspecified atom stereocenters. The Morgan fingerprint density at radius 2 is 1.81 bits per heavy atom. The summed E-state index contributed by atoms with van der Waals surface area (Å²) in [5.41, 5.74) is 5.97. The van der Waals surface area contributed by atoms with Crippen LogP contribution in [0.4, 0.5) is 8.78 Å². The average molecular weight is 295 g/mol. The Morgan fingerprint density at radius 3 is 2.43 bits per heavy atom. The standard InChI is InChI=1S/C15H19F2N3O/c1-9(4-3-5-10(2)18)15-19-14(20-21-15)11-6-12(16)8-13(17)7-11/h6-10H,3-5,18H2,1-2H3. The minimum Gasteiger partial charge on any atom is -0.339 e. The van der Waals surface area contributed by atoms with Crippen LogP contribution in [-0.2, 0) is 0 Å². The van der Waals surface area contributed by atoms with E-state index in [0.29, 0.717) is 5.89 Å². The van der Waals surface area contributed by atoms with Crippen molar-refractivity contribution in [2.75, 3.05) is 0 Å². The van der Waals surface area contributed by atoms with Gasteiger partial charge in [-0.15, -0.1) is 0 Å². The van der Waals surface area contributed by atoms with E-state index in [9.17, 15) is 8.78 Å². The molecule has 0 aliphatic rings. The molecule has 0 spiro atoms. The number of hydrogen-bond acceptors (Lipinski definition) is 4. The van der Waals surface area contributed by atoms with Crippen LogP contribution in [0.5, 0.6) is 0 Å². The third-order valence-electron chi connectivity index (χ3n) is 3.28. The summed E-state index contributed by atoms with van der Waals surface area (Å²) in [5, 5.41) is 3.79. The van der Waals surface area contributed by atoms with E-state index in [2.05, 4.69) is 10.1 Å². The maximum Gasteiger partial charge on any atom is 0.229 e. The van der Waals surface area contributed by atoms with Gasteiger partial charge in [-0.25, -0.2) is 8.78 Å². The molecule has 0 aliphatic heterocycles. The second-order valence-electron chi connectivity index (χ2n) is 5.42. The topological polar surface area (TPSA) is 64.9 Å². The number of benzene rings is 1. The molecule has 2 rings (SSSR count). The Labute approximate surface area is 122 Å². The zero-order chi connectivity index (χ0) is 15.4. The van der Waals surface area contributed by atoms with E-state index in [1.807, 2.05) is 13.8 Å². The highest BCUT2D eigenvalue weighted by molar-refractivity contribution is 5.54. The van der Waals surface area contributed by atoms with Gasteiger partial charge in [-0.3, -0.25) is 0 Å². The minimum absolute atomic E-state index is 0.0865. The lowest BCUT2D eigenvalue weighted by Crippen LogP contribution is -2.14. The second-order valence-corrected chi connectivity index (χ2v) is 5.42. The summed E-state index contributed by atoms with van der Waals surface area (Å²) in [4.78, 5) is 4.22. The first kappa shape index (κ1) is 15.6. The summed E-state index contributed by atoms with van der Waals surface area (Å²) in [6, 6.07) is 3.34. The molecule has 0 aliphatic carbocycles. The van der Waals surface area contributed by atoms with Gasteiger partial charge >= 0.3 is 0 Å². The molecule has 0 radical (unpaired) electrons. The van der Waals surface area contributed by atoms with Crippen molar-refractivity contribution < 1.29 is 13.3 Å². The fraction of sp³-hybridized carbons (Fsp3) is 0.467. The predicted octanol–water partition coefficient (Wildman–Crippen LogP) is 3.64. The molecule has 114 valence electrons. The van der Waals surface area contributed by atoms with E-state index in [1.54, 1.807) is 0 Å². The van der Waals surface area contributed by atoms with Crippen LogP contribution in [0.1, 0.15) is 44.9 Å². The SMILES string of the molecule is CC(N)CCCC(C)c1nc(-c2cc(F)cc(F)c2)no1. The van der Waals surface area contributed by atoms with Gasteiger partial charge in [0.05, 0.1) is 0 Å². The van der Waals surface area contributed by atoms with Crippen LogP contribution in [0.2, 0.25) is 0 Å². The maximum absolute atomic E-state index is 13.2. The van der Waals surface area contributed by atoms with Crippen molar-refractivity contribution in [3.8, 4) is 11.4 Å². The predicted molar refractivity (Wildman–Crippen MR) is 75.6 cm³/mol. The first-order valence-corrected chi connectivity index (χ1v) is 7.01. The summed E-state index contributed by atoms with van der Waals surface area (Å²) < 4.78 is 31.5. The van der Waals surface area contributed by atoms with Crippen molar-refractivity contribution in [2.45, 2.75) is 45.1 Å². The van der Waals surface area contributed by atoms with Gasteiger partial charge in [0.25, 0.3) is 0 Å². The molecule has 2 aromatic rings. The Balaban J connectivity index is 2.06. The third-order valence-corrected chi connectivity index (χ3v) is 3.28. The van der Waals surface area contributed by atoms with Crippen molar-refractivity contribution in [3.63, 3.8) is 0 Å². The van der Waals surface area contributed by atoms with Gasteiger partial charge in [-0.05, 0) is 31.9 Å². The van der Waals surface area contributed by atoms with Crippen LogP contribution in [0.3, 0.4) is 0 Å². The zero-order valence-corrected chi connectivity index (χ0v) is 12.1. The number of nitrogens with two attached hydrogens (primary N) is 1. The largest absolute Gasteiger partial charge is 0.339 e. The summed E-state index contributed by atoms with van der Waals surface area (Å²) in [6.45, 7) is 3.94. The molecule has 4 nitrogen and oxygen atoms in total. The number of hydrogen-bond donors (Lipinski definition) is 1. The number of nitrogens with zero attached hydrogens (tertiary/aromatic N) is 2. The molecule has 0 amide bonds. The Kier molecular flexibility index (Phi) is 5.01. The maximum atomic E-state index is 13.2. The molecule has 6 heteroatoms. The zero-order valence-electron chi connectivity index (χ0n) is 12.1. The lowest BCUT2D eigenvalue weighted by molar-refractivity contribution is 0.350. The molecule has 2 atom stereocenters. The monoisotopic (exact) mass is 295 g/mol. The number of halogens is 2. The molecule has 0 saturated carbocycles. The lowest BCUT2D eigenvalue weighted by Gasteiger charge is -2.07. The van der Waals surface area contributed by atoms with Crippen molar-refractivity contribution in [2.24, 2.45) is 5.73 Å². The van der Waals surface area contributed by atoms with Crippen LogP contribution in [0.25, 0.3) is 11.4 Å². The molecule has 2 N–H and O–H groups in total. The Bertz CT molecular complexity index is 578. The first-order valence-electron chi connectivity index (χ1n) is 7.01. The summed E-state index contributed by atoms with van der Waals surface area (Å²) >= 11 is 0. The quantitative estimate of drug-likeness (QED) is 0.883. The van der Waals surface area contributed by atoms with Crippen LogP contribution in [0, 0.1) is 11.6 Å². The molecule has 0 saturated heterocycles. The molecule has 1 aromatic carbocycles. The van der Waals surface area contributed by atoms with Gasteiger partial charge < -0.3 is 10.3 Å². The molecule has 1 heterocycles. The highest BCUT2D eigenvalue weighted by Gasteiger charge is 2.16. The Hall–Kier alpha value is -1.82. The van der Waals surface area contributed by atoms with E-state index >= 15 is 0 Å². The number of rotatable bonds is 6. The fourth-order valence-electron chi connectivity index (χ4n) is 2.11. The van der Waals surface area contributed by atoms with Crippen molar-refractivity contribution in [3.05, 3.63) is 35.7 Å². The summed E-state index contributed by atoms with van der Waals surface area (Å²) in [5.74, 6) is -0.576. The third kappa shape index (κ3) is 4.32. The molecule has 0 bridgehead atoms. The second kappa shape index (κ2) is 6.76. The van der Waals surface area contributed by atoms with Crippen LogP contribution < -0.4 is 5.73 Å². The Morgan fingerprint density at radius 1 is 1.14 bits per heavy atom. The molecule has 1 aromatic heterocycles. The molecule has 21 heavy (non-hydrogen) atoms. The van der Waals surface area contributed by atoms with E-state index in [4.69, 9.17) is 10.3 Å². The van der Waals surface area contributed by atoms with Gasteiger partial charge in [0.15, 0.2) is 0 Å². The molecular formula is C15H19F2N3O. The van der Waals surface area contributed by atoms with E-state index in [1.165, 1.54) is 12.1 Å². The van der Waals surface area contributed by atoms with E-state index < -0.39 is 11.6 Å². The van der Waals surface area contributed by atoms with Gasteiger partial charge in [0, 0.05) is 23.6 Å². The van der Waals surface area contributed by atoms with Crippen molar-refractivity contribution in [1.82, 2.24) is 10.1 Å². The van der Waals surface area contributed by atoms with Crippen LogP contribution in [-0.4, -0.2) is 16.2 Å². The van der Waals surface area contributed by atoms with E-state index in [0.717, 1.165) is 25.3 Å². The first-order chi connectivity index (χ1) is 9.95. The number of aromatic nitrogens is 2. The molecular weight excluding hydrogens is 276 g/mol. The molecule has 0 fully saturated rings. The minimum atomic E-state index is -0.665. The van der Waals surface area contributed by atoms with Crippen LogP contribution >= 0.6 is 0 Å². The average Bonchev–Trinajstić information content (AvgIpc) is 2.86. The summed E-state index contributed by atoms with van der Waals surface area (Å²) in [7, 11) is 0. The smallest absolute Gasteiger partial charge is 0.229 e. The van der Waals surface area contributed by atoms with Crippen molar-refractivity contribution >= 4 is 0 Å². The fourth-order valence-corrected chi connectivity index (χ4v) is 2.11. The highest BCUT2D eigenvalue weighted by Crippen LogP contribution is 2.24. The van der Waals surface area contributed by atoms with Crippen molar-refractivity contribution in [1.29, 1.82) is 0 Å². The highest BCUT2D eigenvalue weighted by atomic mass is 19.1. The van der Waals surface area contributed by atoms with Crippen LogP contribution in [0.15, 0.2) is 22.7 Å².